The van der Waals surface area contributed by atoms with Crippen LogP contribution in [0.2, 0.25) is 0 Å². The Kier molecular flexibility index (Phi) is 2.89. The third-order valence-corrected chi connectivity index (χ3v) is 6.10. The molecule has 27 heavy (non-hydrogen) atoms. The first-order chi connectivity index (χ1) is 12.9. The second kappa shape index (κ2) is 4.99. The summed E-state index contributed by atoms with van der Waals surface area (Å²) in [5, 5.41) is 0.423. The van der Waals surface area contributed by atoms with Crippen LogP contribution in [0.25, 0.3) is 41.7 Å². The lowest BCUT2D eigenvalue weighted by Gasteiger charge is -2.02. The van der Waals surface area contributed by atoms with Gasteiger partial charge in [-0.3, -0.25) is 19.2 Å². The van der Waals surface area contributed by atoms with Crippen molar-refractivity contribution in [2.45, 2.75) is 0 Å². The van der Waals surface area contributed by atoms with E-state index in [0.29, 0.717) is 0 Å². The molecule has 1 heterocycles. The van der Waals surface area contributed by atoms with Gasteiger partial charge in [0.25, 0.3) is 0 Å². The van der Waals surface area contributed by atoms with Crippen molar-refractivity contribution < 1.29 is 0 Å². The first-order valence-electron chi connectivity index (χ1n) is 8.04. The number of hydrogen-bond donors (Lipinski definition) is 2. The van der Waals surface area contributed by atoms with E-state index >= 15 is 0 Å². The molecule has 0 bridgehead atoms. The van der Waals surface area contributed by atoms with Crippen LogP contribution in [0.15, 0.2) is 55.6 Å². The SMILES string of the molecule is Nc1cccc2c(=O)c3sc4c(=O)c5cccc(N)c5c(=O)c4c3c(=O)c12. The predicted molar refractivity (Wildman–Crippen MR) is 111 cm³/mol. The summed E-state index contributed by atoms with van der Waals surface area (Å²) in [4.78, 5) is 52.1. The molecule has 5 rings (SSSR count). The summed E-state index contributed by atoms with van der Waals surface area (Å²) in [6, 6.07) is 9.26. The highest BCUT2D eigenvalue weighted by Crippen LogP contribution is 2.30. The number of rotatable bonds is 0. The van der Waals surface area contributed by atoms with Crippen molar-refractivity contribution in [3.63, 3.8) is 0 Å². The van der Waals surface area contributed by atoms with E-state index in [-0.39, 0.29) is 53.1 Å². The fourth-order valence-electron chi connectivity index (χ4n) is 3.70. The zero-order valence-corrected chi connectivity index (χ0v) is 14.5. The number of nitrogen functional groups attached to an aromatic ring is 2. The molecule has 4 aromatic carbocycles. The van der Waals surface area contributed by atoms with E-state index in [9.17, 15) is 19.2 Å². The van der Waals surface area contributed by atoms with Crippen LogP contribution >= 0.6 is 11.3 Å². The van der Waals surface area contributed by atoms with E-state index in [0.717, 1.165) is 11.3 Å². The second-order valence-corrected chi connectivity index (χ2v) is 7.39. The molecule has 0 saturated carbocycles. The summed E-state index contributed by atoms with van der Waals surface area (Å²) >= 11 is 0.878. The molecule has 0 radical (unpaired) electrons. The van der Waals surface area contributed by atoms with Crippen LogP contribution in [0, 0.1) is 0 Å². The van der Waals surface area contributed by atoms with Crippen LogP contribution in [0.1, 0.15) is 0 Å². The van der Waals surface area contributed by atoms with E-state index in [1.54, 1.807) is 12.1 Å². The van der Waals surface area contributed by atoms with Crippen LogP contribution in [0.4, 0.5) is 11.4 Å². The van der Waals surface area contributed by atoms with Crippen molar-refractivity contribution >= 4 is 64.4 Å². The molecule has 0 saturated heterocycles. The number of hydrogen-bond acceptors (Lipinski definition) is 7. The smallest absolute Gasteiger partial charge is 0.204 e. The van der Waals surface area contributed by atoms with E-state index in [1.807, 2.05) is 0 Å². The molecule has 0 amide bonds. The average Bonchev–Trinajstić information content (AvgIpc) is 3.05. The topological polar surface area (TPSA) is 120 Å². The Hall–Kier alpha value is -3.58. The molecule has 6 nitrogen and oxygen atoms in total. The molecule has 0 aliphatic carbocycles. The van der Waals surface area contributed by atoms with Gasteiger partial charge in [-0.2, -0.15) is 0 Å². The van der Waals surface area contributed by atoms with Crippen LogP contribution in [0.5, 0.6) is 0 Å². The second-order valence-electron chi connectivity index (χ2n) is 6.37. The van der Waals surface area contributed by atoms with Crippen molar-refractivity contribution in [3.8, 4) is 0 Å². The van der Waals surface area contributed by atoms with Crippen molar-refractivity contribution in [2.24, 2.45) is 0 Å². The third-order valence-electron chi connectivity index (χ3n) is 4.91. The van der Waals surface area contributed by atoms with Gasteiger partial charge in [0, 0.05) is 22.1 Å². The standard InChI is InChI=1S/C20H10N2O4S/c21-9-5-1-3-7-11(9)17(25)13-14-18(26)12-8(4-2-6-10(12)22)16(24)20(14)27-19(13)15(7)23/h1-6H,21-22H2. The quantitative estimate of drug-likeness (QED) is 0.399. The molecule has 1 aromatic heterocycles. The molecule has 5 aromatic rings. The maximum atomic E-state index is 13.1. The normalized spacial score (nSPS) is 11.9. The Morgan fingerprint density at radius 3 is 1.37 bits per heavy atom. The monoisotopic (exact) mass is 374 g/mol. The highest BCUT2D eigenvalue weighted by atomic mass is 32.1. The third kappa shape index (κ3) is 1.78. The fourth-order valence-corrected chi connectivity index (χ4v) is 4.91. The lowest BCUT2D eigenvalue weighted by Crippen LogP contribution is -2.16. The maximum Gasteiger partial charge on any atom is 0.204 e. The molecular weight excluding hydrogens is 364 g/mol. The molecular formula is C20H10N2O4S. The highest BCUT2D eigenvalue weighted by molar-refractivity contribution is 7.25. The molecule has 0 aliphatic heterocycles. The van der Waals surface area contributed by atoms with Crippen LogP contribution in [-0.2, 0) is 0 Å². The van der Waals surface area contributed by atoms with Gasteiger partial charge in [0.1, 0.15) is 0 Å². The predicted octanol–water partition coefficient (Wildman–Crippen LogP) is 1.84. The Balaban J connectivity index is 2.26. The van der Waals surface area contributed by atoms with Gasteiger partial charge in [-0.25, -0.2) is 0 Å². The number of nitrogens with two attached hydrogens (primary N) is 2. The van der Waals surface area contributed by atoms with Gasteiger partial charge in [0.15, 0.2) is 10.9 Å². The molecule has 0 aliphatic rings. The minimum atomic E-state index is -0.519. The Morgan fingerprint density at radius 1 is 0.556 bits per heavy atom. The minimum absolute atomic E-state index is 0.0438. The first kappa shape index (κ1) is 15.7. The van der Waals surface area contributed by atoms with Gasteiger partial charge in [-0.15, -0.1) is 11.3 Å². The van der Waals surface area contributed by atoms with Crippen molar-refractivity contribution in [3.05, 3.63) is 77.3 Å². The summed E-state index contributed by atoms with van der Waals surface area (Å²) in [7, 11) is 0. The van der Waals surface area contributed by atoms with Crippen LogP contribution in [0.3, 0.4) is 0 Å². The molecule has 0 atom stereocenters. The van der Waals surface area contributed by atoms with Gasteiger partial charge in [0.05, 0.1) is 30.9 Å². The number of fused-ring (bicyclic) bond motifs is 5. The van der Waals surface area contributed by atoms with Crippen LogP contribution in [-0.4, -0.2) is 0 Å². The summed E-state index contributed by atoms with van der Waals surface area (Å²) in [5.41, 5.74) is 10.3. The fraction of sp³-hybridized carbons (Fsp3) is 0. The molecule has 7 heteroatoms. The highest BCUT2D eigenvalue weighted by Gasteiger charge is 2.23. The van der Waals surface area contributed by atoms with E-state index in [1.165, 1.54) is 24.3 Å². The Labute approximate surface area is 153 Å². The molecule has 0 fully saturated rings. The zero-order chi connectivity index (χ0) is 19.0. The largest absolute Gasteiger partial charge is 0.398 e. The average molecular weight is 374 g/mol. The molecule has 0 unspecified atom stereocenters. The van der Waals surface area contributed by atoms with Gasteiger partial charge in [0.2, 0.25) is 10.9 Å². The summed E-state index contributed by atoms with van der Waals surface area (Å²) in [5.74, 6) is 0. The molecule has 0 spiro atoms. The Bertz CT molecular complexity index is 1550. The van der Waals surface area contributed by atoms with Crippen LogP contribution < -0.4 is 33.2 Å². The van der Waals surface area contributed by atoms with Crippen molar-refractivity contribution in [2.75, 3.05) is 11.5 Å². The zero-order valence-electron chi connectivity index (χ0n) is 13.7. The molecule has 4 N–H and O–H groups in total. The number of benzene rings is 4. The first-order valence-corrected chi connectivity index (χ1v) is 8.86. The summed E-state index contributed by atoms with van der Waals surface area (Å²) < 4.78 is 0.187. The maximum absolute atomic E-state index is 13.1. The van der Waals surface area contributed by atoms with E-state index in [4.69, 9.17) is 11.5 Å². The van der Waals surface area contributed by atoms with E-state index in [2.05, 4.69) is 0 Å². The minimum Gasteiger partial charge on any atom is -0.398 e. The van der Waals surface area contributed by atoms with Crippen molar-refractivity contribution in [1.82, 2.24) is 0 Å². The summed E-state index contributed by atoms with van der Waals surface area (Å²) in [6.45, 7) is 0. The van der Waals surface area contributed by atoms with Crippen molar-refractivity contribution in [1.29, 1.82) is 0 Å². The van der Waals surface area contributed by atoms with Gasteiger partial charge in [-0.05, 0) is 12.1 Å². The molecule has 130 valence electrons. The van der Waals surface area contributed by atoms with Gasteiger partial charge in [-0.1, -0.05) is 24.3 Å². The number of thiophene rings is 1. The summed E-state index contributed by atoms with van der Waals surface area (Å²) in [6.07, 6.45) is 0. The van der Waals surface area contributed by atoms with E-state index < -0.39 is 21.7 Å². The number of anilines is 2. The Morgan fingerprint density at radius 2 is 0.963 bits per heavy atom. The van der Waals surface area contributed by atoms with Gasteiger partial charge < -0.3 is 11.5 Å². The lowest BCUT2D eigenvalue weighted by molar-refractivity contribution is 1.67. The lowest BCUT2D eigenvalue weighted by atomic mass is 10.0. The van der Waals surface area contributed by atoms with Gasteiger partial charge >= 0.3 is 0 Å².